The Morgan fingerprint density at radius 1 is 1.08 bits per heavy atom. The average Bonchev–Trinajstić information content (AvgIpc) is 3.52. The van der Waals surface area contributed by atoms with E-state index in [0.29, 0.717) is 69.6 Å². The maximum Gasteiger partial charge on any atom is 0.407 e. The summed E-state index contributed by atoms with van der Waals surface area (Å²) in [7, 11) is 3.13. The van der Waals surface area contributed by atoms with E-state index in [1.54, 1.807) is 32.4 Å². The smallest absolute Gasteiger partial charge is 0.407 e. The standard InChI is InChI=1S/C37H39Cl2N5O6/c1-21(45)17-43-14-12-22-15-24(16-31(49-2)29(22)20-43)35-34(39)27(11-13-40-35)26-5-4-6-28(33(26)38)30-9-7-23(36(42-30)50-3)18-44(37(47)48)19-25-8-10-32(46)41-25/h4-7,9,11,13,15-16,21,25,45H,8,10,12,14,17-20H2,1-3H3,(H,41,46)(H,47,48)/t21-,25-/m0/s1. The van der Waals surface area contributed by atoms with E-state index >= 15 is 0 Å². The molecule has 0 saturated carbocycles. The minimum absolute atomic E-state index is 0.0366. The molecular weight excluding hydrogens is 681 g/mol. The number of aliphatic hydroxyl groups excluding tert-OH is 1. The Labute approximate surface area is 300 Å². The fraction of sp³-hybridized carbons (Fsp3) is 0.351. The van der Waals surface area contributed by atoms with Gasteiger partial charge < -0.3 is 29.9 Å². The predicted molar refractivity (Wildman–Crippen MR) is 192 cm³/mol. The van der Waals surface area contributed by atoms with Gasteiger partial charge in [-0.2, -0.15) is 0 Å². The number of halogens is 2. The molecule has 0 unspecified atom stereocenters. The lowest BCUT2D eigenvalue weighted by Crippen LogP contribution is -2.41. The summed E-state index contributed by atoms with van der Waals surface area (Å²) >= 11 is 14.2. The van der Waals surface area contributed by atoms with E-state index in [1.807, 2.05) is 30.3 Å². The fourth-order valence-electron chi connectivity index (χ4n) is 6.74. The third-order valence-corrected chi connectivity index (χ3v) is 9.93. The van der Waals surface area contributed by atoms with Gasteiger partial charge in [-0.3, -0.25) is 14.7 Å². The van der Waals surface area contributed by atoms with Gasteiger partial charge >= 0.3 is 6.09 Å². The number of carboxylic acid groups (broad SMARTS) is 1. The highest BCUT2D eigenvalue weighted by Gasteiger charge is 2.27. The summed E-state index contributed by atoms with van der Waals surface area (Å²) in [4.78, 5) is 36.5. The van der Waals surface area contributed by atoms with Crippen LogP contribution in [0.25, 0.3) is 33.6 Å². The van der Waals surface area contributed by atoms with Crippen LogP contribution in [0.15, 0.2) is 54.7 Å². The molecule has 4 aromatic rings. The molecular formula is C37H39Cl2N5O6. The number of carbonyl (C=O) groups is 2. The molecule has 0 radical (unpaired) electrons. The van der Waals surface area contributed by atoms with Crippen LogP contribution in [0.2, 0.25) is 10.0 Å². The number of carbonyl (C=O) groups excluding carboxylic acids is 1. The van der Waals surface area contributed by atoms with Crippen LogP contribution in [0, 0.1) is 0 Å². The predicted octanol–water partition coefficient (Wildman–Crippen LogP) is 6.30. The zero-order valence-electron chi connectivity index (χ0n) is 28.1. The first kappa shape index (κ1) is 35.4. The molecule has 2 aliphatic heterocycles. The number of methoxy groups -OCH3 is 2. The molecule has 0 aliphatic carbocycles. The van der Waals surface area contributed by atoms with Gasteiger partial charge in [0, 0.05) is 78.2 Å². The second-order valence-electron chi connectivity index (χ2n) is 12.7. The van der Waals surface area contributed by atoms with Gasteiger partial charge in [-0.15, -0.1) is 0 Å². The third-order valence-electron chi connectivity index (χ3n) is 9.14. The number of amides is 2. The van der Waals surface area contributed by atoms with E-state index in [2.05, 4.69) is 21.3 Å². The topological polar surface area (TPSA) is 137 Å². The van der Waals surface area contributed by atoms with Crippen LogP contribution in [0.5, 0.6) is 11.6 Å². The van der Waals surface area contributed by atoms with Gasteiger partial charge in [0.15, 0.2) is 0 Å². The zero-order valence-corrected chi connectivity index (χ0v) is 29.6. The Kier molecular flexibility index (Phi) is 10.8. The van der Waals surface area contributed by atoms with Crippen LogP contribution < -0.4 is 14.8 Å². The Balaban J connectivity index is 1.29. The van der Waals surface area contributed by atoms with Crippen molar-refractivity contribution < 1.29 is 29.3 Å². The van der Waals surface area contributed by atoms with E-state index in [0.717, 1.165) is 35.4 Å². The Morgan fingerprint density at radius 3 is 2.56 bits per heavy atom. The number of aliphatic hydroxyl groups is 1. The molecule has 1 saturated heterocycles. The minimum atomic E-state index is -1.10. The number of rotatable bonds is 11. The number of fused-ring (bicyclic) bond motifs is 1. The van der Waals surface area contributed by atoms with Crippen molar-refractivity contribution in [2.75, 3.05) is 33.9 Å². The maximum atomic E-state index is 12.1. The van der Waals surface area contributed by atoms with Gasteiger partial charge in [-0.05, 0) is 55.7 Å². The highest BCUT2D eigenvalue weighted by atomic mass is 35.5. The Morgan fingerprint density at radius 2 is 1.86 bits per heavy atom. The second kappa shape index (κ2) is 15.2. The largest absolute Gasteiger partial charge is 0.496 e. The lowest BCUT2D eigenvalue weighted by atomic mass is 9.93. The van der Waals surface area contributed by atoms with Crippen molar-refractivity contribution in [1.29, 1.82) is 0 Å². The highest BCUT2D eigenvalue weighted by molar-refractivity contribution is 6.39. The van der Waals surface area contributed by atoms with Crippen LogP contribution in [-0.2, 0) is 24.3 Å². The quantitative estimate of drug-likeness (QED) is 0.163. The lowest BCUT2D eigenvalue weighted by Gasteiger charge is -2.31. The molecule has 13 heteroatoms. The molecule has 4 heterocycles. The highest BCUT2D eigenvalue weighted by Crippen LogP contribution is 2.43. The molecule has 2 aromatic heterocycles. The van der Waals surface area contributed by atoms with Crippen molar-refractivity contribution in [2.45, 2.75) is 51.4 Å². The zero-order chi connectivity index (χ0) is 35.5. The van der Waals surface area contributed by atoms with Crippen molar-refractivity contribution >= 4 is 35.2 Å². The summed E-state index contributed by atoms with van der Waals surface area (Å²) in [6.07, 6.45) is 1.97. The first-order valence-electron chi connectivity index (χ1n) is 16.4. The van der Waals surface area contributed by atoms with E-state index < -0.39 is 12.2 Å². The van der Waals surface area contributed by atoms with Gasteiger partial charge in [0.2, 0.25) is 11.8 Å². The van der Waals surface area contributed by atoms with Crippen molar-refractivity contribution in [3.8, 4) is 45.3 Å². The van der Waals surface area contributed by atoms with Crippen molar-refractivity contribution in [3.05, 3.63) is 81.5 Å². The van der Waals surface area contributed by atoms with Gasteiger partial charge in [-0.1, -0.05) is 41.4 Å². The van der Waals surface area contributed by atoms with Gasteiger partial charge in [0.1, 0.15) is 5.75 Å². The number of benzene rings is 2. The fourth-order valence-corrected chi connectivity index (χ4v) is 7.39. The first-order chi connectivity index (χ1) is 24.1. The molecule has 1 fully saturated rings. The van der Waals surface area contributed by atoms with E-state index in [-0.39, 0.29) is 30.9 Å². The molecule has 11 nitrogen and oxygen atoms in total. The van der Waals surface area contributed by atoms with Crippen molar-refractivity contribution in [3.63, 3.8) is 0 Å². The van der Waals surface area contributed by atoms with Crippen molar-refractivity contribution in [1.82, 2.24) is 25.1 Å². The monoisotopic (exact) mass is 719 g/mol. The van der Waals surface area contributed by atoms with E-state index in [1.165, 1.54) is 12.0 Å². The molecule has 2 amide bonds. The molecule has 6 rings (SSSR count). The minimum Gasteiger partial charge on any atom is -0.496 e. The number of pyridine rings is 2. The first-order valence-corrected chi connectivity index (χ1v) is 17.2. The number of hydrogen-bond donors (Lipinski definition) is 3. The van der Waals surface area contributed by atoms with Crippen LogP contribution in [0.4, 0.5) is 4.79 Å². The van der Waals surface area contributed by atoms with Gasteiger partial charge in [0.05, 0.1) is 48.3 Å². The summed E-state index contributed by atoms with van der Waals surface area (Å²) in [6, 6.07) is 14.8. The summed E-state index contributed by atoms with van der Waals surface area (Å²) in [6.45, 7) is 4.10. The number of nitrogens with one attached hydrogen (secondary N) is 1. The molecule has 2 aromatic carbocycles. The second-order valence-corrected chi connectivity index (χ2v) is 13.4. The molecule has 2 aliphatic rings. The lowest BCUT2D eigenvalue weighted by molar-refractivity contribution is -0.119. The molecule has 50 heavy (non-hydrogen) atoms. The normalized spacial score (nSPS) is 16.4. The third kappa shape index (κ3) is 7.51. The van der Waals surface area contributed by atoms with Crippen LogP contribution in [-0.4, -0.2) is 88.0 Å². The SMILES string of the molecule is COc1cc(-c2nccc(-c3cccc(-c4ccc(CN(C[C@@H]5CCC(=O)N5)C(=O)O)c(OC)n4)c3Cl)c2Cl)cc2c1CN(C[C@H](C)O)CC2. The van der Waals surface area contributed by atoms with Crippen LogP contribution in [0.3, 0.4) is 0 Å². The number of nitrogens with zero attached hydrogens (tertiary/aromatic N) is 4. The van der Waals surface area contributed by atoms with Crippen molar-refractivity contribution in [2.24, 2.45) is 0 Å². The summed E-state index contributed by atoms with van der Waals surface area (Å²) in [5, 5.41) is 23.5. The Hall–Kier alpha value is -4.42. The molecule has 262 valence electrons. The Bertz CT molecular complexity index is 1900. The van der Waals surface area contributed by atoms with E-state index in [4.69, 9.17) is 37.7 Å². The van der Waals surface area contributed by atoms with Crippen LogP contribution >= 0.6 is 23.2 Å². The molecule has 2 atom stereocenters. The van der Waals surface area contributed by atoms with E-state index in [9.17, 15) is 19.8 Å². The molecule has 0 spiro atoms. The number of β-amino-alcohol motifs (C(OH)–C–C–N with tert-alkyl or cyclic N) is 1. The number of ether oxygens (including phenoxy) is 2. The van der Waals surface area contributed by atoms with Gasteiger partial charge in [-0.25, -0.2) is 9.78 Å². The summed E-state index contributed by atoms with van der Waals surface area (Å²) in [5.41, 5.74) is 6.83. The van der Waals surface area contributed by atoms with Crippen LogP contribution in [0.1, 0.15) is 36.5 Å². The molecule has 3 N–H and O–H groups in total. The summed E-state index contributed by atoms with van der Waals surface area (Å²) in [5.74, 6) is 0.939. The van der Waals surface area contributed by atoms with Gasteiger partial charge in [0.25, 0.3) is 0 Å². The number of hydrogen-bond acceptors (Lipinski definition) is 8. The average molecular weight is 721 g/mol. The number of aromatic nitrogens is 2. The molecule has 0 bridgehead atoms. The maximum absolute atomic E-state index is 12.1. The summed E-state index contributed by atoms with van der Waals surface area (Å²) < 4.78 is 11.4.